The molecule has 1 aliphatic heterocycles. The summed E-state index contributed by atoms with van der Waals surface area (Å²) in [6.45, 7) is 0. The Hall–Kier alpha value is -2.14. The summed E-state index contributed by atoms with van der Waals surface area (Å²) < 4.78 is 0.751. The molecule has 0 aromatic heterocycles. The minimum absolute atomic E-state index is 0.134. The third-order valence-corrected chi connectivity index (χ3v) is 5.40. The summed E-state index contributed by atoms with van der Waals surface area (Å²) in [5.74, 6) is 0.603. The van der Waals surface area contributed by atoms with Gasteiger partial charge in [-0.1, -0.05) is 42.5 Å². The Bertz CT molecular complexity index is 804. The van der Waals surface area contributed by atoms with Crippen LogP contribution >= 0.6 is 15.9 Å². The molecule has 0 spiro atoms. The van der Waals surface area contributed by atoms with Crippen molar-refractivity contribution in [3.05, 3.63) is 80.3 Å². The van der Waals surface area contributed by atoms with E-state index in [1.54, 1.807) is 12.1 Å². The van der Waals surface area contributed by atoms with Crippen LogP contribution in [0.3, 0.4) is 0 Å². The zero-order chi connectivity index (χ0) is 16.0. The van der Waals surface area contributed by atoms with Crippen LogP contribution < -0.4 is 5.32 Å². The number of nitrogens with zero attached hydrogens (tertiary/aromatic N) is 1. The Balaban J connectivity index is 1.84. The van der Waals surface area contributed by atoms with Crippen molar-refractivity contribution in [2.24, 2.45) is 5.92 Å². The van der Waals surface area contributed by atoms with E-state index >= 15 is 0 Å². The van der Waals surface area contributed by atoms with E-state index in [9.17, 15) is 10.1 Å². The number of non-ortho nitro benzene ring substituents is 1. The van der Waals surface area contributed by atoms with Crippen LogP contribution in [0.25, 0.3) is 0 Å². The van der Waals surface area contributed by atoms with Gasteiger partial charge in [-0.3, -0.25) is 10.1 Å². The molecule has 0 saturated carbocycles. The van der Waals surface area contributed by atoms with E-state index in [1.165, 1.54) is 5.56 Å². The number of hydrogen-bond donors (Lipinski definition) is 1. The highest BCUT2D eigenvalue weighted by Crippen LogP contribution is 2.52. The molecule has 4 nitrogen and oxygen atoms in total. The lowest BCUT2D eigenvalue weighted by Crippen LogP contribution is -2.29. The molecule has 2 aromatic rings. The number of nitro groups is 1. The topological polar surface area (TPSA) is 55.2 Å². The van der Waals surface area contributed by atoms with Gasteiger partial charge in [-0.05, 0) is 39.4 Å². The largest absolute Gasteiger partial charge is 0.377 e. The molecule has 1 aliphatic carbocycles. The number of halogens is 1. The molecule has 0 fully saturated rings. The van der Waals surface area contributed by atoms with Gasteiger partial charge in [0.25, 0.3) is 5.69 Å². The monoisotopic (exact) mass is 370 g/mol. The zero-order valence-corrected chi connectivity index (χ0v) is 13.9. The Morgan fingerprint density at radius 3 is 2.74 bits per heavy atom. The standard InChI is InChI=1S/C18H15BrN2O2/c19-16-10-12(21(22)23)9-15-13-7-4-8-14(13)17(20-18(15)16)11-5-2-1-3-6-11/h1-7,9-10,13-14,17,20H,8H2/t13-,14-,17+/m0/s1. The number of allylic oxidation sites excluding steroid dienone is 2. The van der Waals surface area contributed by atoms with E-state index < -0.39 is 0 Å². The van der Waals surface area contributed by atoms with Crippen molar-refractivity contribution < 1.29 is 4.92 Å². The van der Waals surface area contributed by atoms with Gasteiger partial charge < -0.3 is 5.32 Å². The number of hydrogen-bond acceptors (Lipinski definition) is 3. The predicted octanol–water partition coefficient (Wildman–Crippen LogP) is 5.18. The Morgan fingerprint density at radius 1 is 1.22 bits per heavy atom. The number of nitrogens with one attached hydrogen (secondary N) is 1. The molecule has 2 aliphatic rings. The van der Waals surface area contributed by atoms with Crippen LogP contribution in [0.2, 0.25) is 0 Å². The van der Waals surface area contributed by atoms with Gasteiger partial charge in [0.2, 0.25) is 0 Å². The van der Waals surface area contributed by atoms with E-state index in [0.717, 1.165) is 22.1 Å². The molecule has 5 heteroatoms. The van der Waals surface area contributed by atoms with E-state index in [4.69, 9.17) is 0 Å². The highest BCUT2D eigenvalue weighted by Gasteiger charge is 2.39. The Kier molecular flexibility index (Phi) is 3.45. The highest BCUT2D eigenvalue weighted by molar-refractivity contribution is 9.10. The molecule has 23 heavy (non-hydrogen) atoms. The van der Waals surface area contributed by atoms with Crippen molar-refractivity contribution >= 4 is 27.3 Å². The van der Waals surface area contributed by atoms with Gasteiger partial charge in [0, 0.05) is 22.5 Å². The summed E-state index contributed by atoms with van der Waals surface area (Å²) >= 11 is 3.51. The van der Waals surface area contributed by atoms with Gasteiger partial charge in [-0.25, -0.2) is 0 Å². The number of benzene rings is 2. The van der Waals surface area contributed by atoms with Crippen LogP contribution in [0, 0.1) is 16.0 Å². The lowest BCUT2D eigenvalue weighted by Gasteiger charge is -2.37. The fourth-order valence-electron chi connectivity index (χ4n) is 3.74. The third-order valence-electron chi connectivity index (χ3n) is 4.78. The van der Waals surface area contributed by atoms with Gasteiger partial charge >= 0.3 is 0 Å². The smallest absolute Gasteiger partial charge is 0.271 e. The van der Waals surface area contributed by atoms with Gasteiger partial charge in [-0.15, -0.1) is 0 Å². The SMILES string of the molecule is O=[N+]([O-])c1cc(Br)c2c(c1)[C@H]1C=CC[C@@H]1[C@@H](c1ccccc1)N2. The fraction of sp³-hybridized carbons (Fsp3) is 0.222. The van der Waals surface area contributed by atoms with Gasteiger partial charge in [0.05, 0.1) is 16.7 Å². The second-order valence-electron chi connectivity index (χ2n) is 6.04. The first-order valence-corrected chi connectivity index (χ1v) is 8.40. The van der Waals surface area contributed by atoms with Crippen molar-refractivity contribution in [3.63, 3.8) is 0 Å². The lowest BCUT2D eigenvalue weighted by molar-refractivity contribution is -0.385. The first-order chi connectivity index (χ1) is 11.1. The molecule has 0 unspecified atom stereocenters. The average molecular weight is 371 g/mol. The molecule has 116 valence electrons. The van der Waals surface area contributed by atoms with E-state index in [2.05, 4.69) is 57.7 Å². The first-order valence-electron chi connectivity index (χ1n) is 7.61. The first kappa shape index (κ1) is 14.5. The van der Waals surface area contributed by atoms with Crippen LogP contribution in [-0.2, 0) is 0 Å². The second kappa shape index (κ2) is 5.49. The van der Waals surface area contributed by atoms with Gasteiger partial charge in [0.1, 0.15) is 0 Å². The van der Waals surface area contributed by atoms with Crippen molar-refractivity contribution in [1.82, 2.24) is 0 Å². The third kappa shape index (κ3) is 2.36. The molecular weight excluding hydrogens is 356 g/mol. The minimum Gasteiger partial charge on any atom is -0.377 e. The molecule has 3 atom stereocenters. The molecule has 1 N–H and O–H groups in total. The summed E-state index contributed by atoms with van der Waals surface area (Å²) in [6, 6.07) is 13.9. The second-order valence-corrected chi connectivity index (χ2v) is 6.89. The maximum absolute atomic E-state index is 11.2. The van der Waals surface area contributed by atoms with Crippen molar-refractivity contribution in [1.29, 1.82) is 0 Å². The Labute approximate surface area is 142 Å². The van der Waals surface area contributed by atoms with Crippen molar-refractivity contribution in [3.8, 4) is 0 Å². The van der Waals surface area contributed by atoms with Gasteiger partial charge in [-0.2, -0.15) is 0 Å². The summed E-state index contributed by atoms with van der Waals surface area (Å²) in [5, 5.41) is 14.8. The van der Waals surface area contributed by atoms with Crippen LogP contribution in [-0.4, -0.2) is 4.92 Å². The van der Waals surface area contributed by atoms with E-state index in [0.29, 0.717) is 5.92 Å². The van der Waals surface area contributed by atoms with E-state index in [1.807, 2.05) is 6.07 Å². The quantitative estimate of drug-likeness (QED) is 0.449. The highest BCUT2D eigenvalue weighted by atomic mass is 79.9. The minimum atomic E-state index is -0.331. The molecule has 0 radical (unpaired) electrons. The maximum Gasteiger partial charge on any atom is 0.271 e. The zero-order valence-electron chi connectivity index (χ0n) is 12.3. The maximum atomic E-state index is 11.2. The van der Waals surface area contributed by atoms with Crippen LogP contribution in [0.15, 0.2) is 59.1 Å². The molecule has 1 heterocycles. The van der Waals surface area contributed by atoms with E-state index in [-0.39, 0.29) is 22.6 Å². The van der Waals surface area contributed by atoms with Crippen LogP contribution in [0.5, 0.6) is 0 Å². The van der Waals surface area contributed by atoms with Crippen LogP contribution in [0.1, 0.15) is 29.5 Å². The summed E-state index contributed by atoms with van der Waals surface area (Å²) in [5.41, 5.74) is 3.37. The number of fused-ring (bicyclic) bond motifs is 3. The van der Waals surface area contributed by atoms with Crippen LogP contribution in [0.4, 0.5) is 11.4 Å². The normalized spacial score (nSPS) is 24.7. The molecule has 4 rings (SSSR count). The number of rotatable bonds is 2. The Morgan fingerprint density at radius 2 is 2.00 bits per heavy atom. The molecular formula is C18H15BrN2O2. The molecule has 0 bridgehead atoms. The average Bonchev–Trinajstić information content (AvgIpc) is 3.04. The van der Waals surface area contributed by atoms with Gasteiger partial charge in [0.15, 0.2) is 0 Å². The summed E-state index contributed by atoms with van der Waals surface area (Å²) in [7, 11) is 0. The predicted molar refractivity (Wildman–Crippen MR) is 93.6 cm³/mol. The van der Waals surface area contributed by atoms with Crippen molar-refractivity contribution in [2.75, 3.05) is 5.32 Å². The van der Waals surface area contributed by atoms with Crippen molar-refractivity contribution in [2.45, 2.75) is 18.4 Å². The summed E-state index contributed by atoms with van der Waals surface area (Å²) in [4.78, 5) is 10.8. The molecule has 2 aromatic carbocycles. The number of anilines is 1. The number of nitro benzene ring substituents is 1. The molecule has 0 amide bonds. The summed E-state index contributed by atoms with van der Waals surface area (Å²) in [6.07, 6.45) is 5.36. The molecule has 0 saturated heterocycles. The lowest BCUT2D eigenvalue weighted by atomic mass is 9.77. The fourth-order valence-corrected chi connectivity index (χ4v) is 4.31.